The summed E-state index contributed by atoms with van der Waals surface area (Å²) >= 11 is 0. The van der Waals surface area contributed by atoms with E-state index in [-0.39, 0.29) is 24.0 Å². The maximum atomic E-state index is 13.5. The third kappa shape index (κ3) is 3.14. The summed E-state index contributed by atoms with van der Waals surface area (Å²) in [6.07, 6.45) is -0.294. The largest absolute Gasteiger partial charge is 0.480 e. The molecule has 1 amide bonds. The lowest BCUT2D eigenvalue weighted by Gasteiger charge is -2.24. The van der Waals surface area contributed by atoms with E-state index >= 15 is 0 Å². The van der Waals surface area contributed by atoms with Crippen LogP contribution in [0, 0.1) is 5.82 Å². The molecule has 0 saturated carbocycles. The molecular formula is C16H16FN3O3. The number of carbonyl (C=O) groups is 1. The molecule has 1 saturated heterocycles. The van der Waals surface area contributed by atoms with Crippen LogP contribution in [0.1, 0.15) is 28.5 Å². The number of halogens is 1. The van der Waals surface area contributed by atoms with Crippen LogP contribution in [-0.4, -0.2) is 45.9 Å². The molecule has 1 aromatic heterocycles. The summed E-state index contributed by atoms with van der Waals surface area (Å²) in [6, 6.07) is 8.72. The molecule has 0 aliphatic carbocycles. The number of benzene rings is 1. The van der Waals surface area contributed by atoms with Gasteiger partial charge in [-0.3, -0.25) is 4.79 Å². The average molecular weight is 317 g/mol. The van der Waals surface area contributed by atoms with Gasteiger partial charge in [0.1, 0.15) is 5.82 Å². The summed E-state index contributed by atoms with van der Waals surface area (Å²) in [5, 5.41) is 17.6. The van der Waals surface area contributed by atoms with Crippen LogP contribution in [0.2, 0.25) is 0 Å². The Kier molecular flexibility index (Phi) is 4.20. The highest BCUT2D eigenvalue weighted by Crippen LogP contribution is 2.33. The van der Waals surface area contributed by atoms with Crippen molar-refractivity contribution in [2.75, 3.05) is 13.7 Å². The number of methoxy groups -OCH3 is 1. The summed E-state index contributed by atoms with van der Waals surface area (Å²) in [6.45, 7) is 0.174. The van der Waals surface area contributed by atoms with E-state index < -0.39 is 12.1 Å². The number of aromatic nitrogens is 2. The Morgan fingerprint density at radius 2 is 2.17 bits per heavy atom. The van der Waals surface area contributed by atoms with Crippen LogP contribution in [0.4, 0.5) is 4.39 Å². The topological polar surface area (TPSA) is 75.5 Å². The number of β-amino-alcohol motifs (C(OH)–C–C–N with tert-alkyl or cyclic N) is 1. The molecule has 0 radical (unpaired) electrons. The van der Waals surface area contributed by atoms with Crippen LogP contribution in [-0.2, 0) is 0 Å². The van der Waals surface area contributed by atoms with E-state index in [2.05, 4.69) is 10.2 Å². The van der Waals surface area contributed by atoms with Gasteiger partial charge in [0.05, 0.1) is 19.3 Å². The van der Waals surface area contributed by atoms with E-state index in [0.717, 1.165) is 0 Å². The Bertz CT molecular complexity index is 708. The summed E-state index contributed by atoms with van der Waals surface area (Å²) < 4.78 is 18.4. The Hall–Kier alpha value is -2.54. The van der Waals surface area contributed by atoms with Gasteiger partial charge in [-0.25, -0.2) is 4.39 Å². The molecule has 120 valence electrons. The molecule has 7 heteroatoms. The van der Waals surface area contributed by atoms with Gasteiger partial charge in [-0.05, 0) is 30.2 Å². The molecule has 1 fully saturated rings. The van der Waals surface area contributed by atoms with Gasteiger partial charge in [0.15, 0.2) is 5.69 Å². The average Bonchev–Trinajstić information content (AvgIpc) is 2.96. The summed E-state index contributed by atoms with van der Waals surface area (Å²) in [7, 11) is 1.46. The number of hydrogen-bond donors (Lipinski definition) is 1. The molecule has 1 N–H and O–H groups in total. The molecule has 0 bridgehead atoms. The number of hydrogen-bond acceptors (Lipinski definition) is 5. The second-order valence-corrected chi connectivity index (χ2v) is 5.38. The molecule has 6 nitrogen and oxygen atoms in total. The lowest BCUT2D eigenvalue weighted by Crippen LogP contribution is -2.32. The zero-order valence-corrected chi connectivity index (χ0v) is 12.5. The standard InChI is InChI=1S/C16H16FN3O3/c1-23-15-6-5-13(18-19-15)16(22)20-9-12(21)8-14(20)10-3-2-4-11(17)7-10/h2-7,12,14,21H,8-9H2,1H3/t12-,14+/m0/s1. The van der Waals surface area contributed by atoms with Gasteiger partial charge in [-0.2, -0.15) is 0 Å². The molecule has 2 atom stereocenters. The second-order valence-electron chi connectivity index (χ2n) is 5.38. The molecule has 2 heterocycles. The monoisotopic (exact) mass is 317 g/mol. The Morgan fingerprint density at radius 3 is 2.83 bits per heavy atom. The fraction of sp³-hybridized carbons (Fsp3) is 0.312. The normalized spacial score (nSPS) is 20.6. The first-order valence-electron chi connectivity index (χ1n) is 7.20. The lowest BCUT2D eigenvalue weighted by molar-refractivity contribution is 0.0708. The van der Waals surface area contributed by atoms with Gasteiger partial charge >= 0.3 is 0 Å². The van der Waals surface area contributed by atoms with Gasteiger partial charge < -0.3 is 14.7 Å². The van der Waals surface area contributed by atoms with Gasteiger partial charge in [0.2, 0.25) is 5.88 Å². The number of likely N-dealkylation sites (tertiary alicyclic amines) is 1. The van der Waals surface area contributed by atoms with Crippen molar-refractivity contribution in [1.82, 2.24) is 15.1 Å². The maximum absolute atomic E-state index is 13.5. The Morgan fingerprint density at radius 1 is 1.35 bits per heavy atom. The van der Waals surface area contributed by atoms with Gasteiger partial charge in [0, 0.05) is 12.6 Å². The van der Waals surface area contributed by atoms with E-state index in [1.165, 1.54) is 30.2 Å². The number of aliphatic hydroxyl groups is 1. The van der Waals surface area contributed by atoms with Crippen molar-refractivity contribution in [3.05, 3.63) is 53.5 Å². The van der Waals surface area contributed by atoms with Crippen LogP contribution in [0.15, 0.2) is 36.4 Å². The first kappa shape index (κ1) is 15.4. The van der Waals surface area contributed by atoms with E-state index in [9.17, 15) is 14.3 Å². The van der Waals surface area contributed by atoms with Crippen LogP contribution in [0.5, 0.6) is 5.88 Å². The predicted molar refractivity (Wildman–Crippen MR) is 79.4 cm³/mol. The van der Waals surface area contributed by atoms with Crippen LogP contribution < -0.4 is 4.74 Å². The van der Waals surface area contributed by atoms with Crippen molar-refractivity contribution in [2.45, 2.75) is 18.6 Å². The summed E-state index contributed by atoms with van der Waals surface area (Å²) in [5.74, 6) is -0.420. The van der Waals surface area contributed by atoms with E-state index in [1.54, 1.807) is 18.2 Å². The van der Waals surface area contributed by atoms with Crippen LogP contribution in [0.25, 0.3) is 0 Å². The van der Waals surface area contributed by atoms with Crippen molar-refractivity contribution in [3.8, 4) is 5.88 Å². The molecule has 1 aliphatic rings. The lowest BCUT2D eigenvalue weighted by atomic mass is 10.0. The highest BCUT2D eigenvalue weighted by Gasteiger charge is 2.36. The van der Waals surface area contributed by atoms with Crippen molar-refractivity contribution < 1.29 is 19.0 Å². The minimum Gasteiger partial charge on any atom is -0.480 e. The van der Waals surface area contributed by atoms with Gasteiger partial charge in [0.25, 0.3) is 5.91 Å². The quantitative estimate of drug-likeness (QED) is 0.930. The van der Waals surface area contributed by atoms with Crippen LogP contribution in [0.3, 0.4) is 0 Å². The Labute approximate surface area is 132 Å². The second kappa shape index (κ2) is 6.29. The van der Waals surface area contributed by atoms with E-state index in [0.29, 0.717) is 17.9 Å². The smallest absolute Gasteiger partial charge is 0.274 e. The SMILES string of the molecule is COc1ccc(C(=O)N2C[C@@H](O)C[C@@H]2c2cccc(F)c2)nn1. The summed E-state index contributed by atoms with van der Waals surface area (Å²) in [4.78, 5) is 14.1. The first-order valence-corrected chi connectivity index (χ1v) is 7.20. The molecule has 2 aromatic rings. The fourth-order valence-corrected chi connectivity index (χ4v) is 2.76. The molecular weight excluding hydrogens is 301 g/mol. The maximum Gasteiger partial charge on any atom is 0.274 e. The number of ether oxygens (including phenoxy) is 1. The summed E-state index contributed by atoms with van der Waals surface area (Å²) in [5.41, 5.74) is 0.803. The molecule has 1 aromatic carbocycles. The molecule has 0 spiro atoms. The first-order chi connectivity index (χ1) is 11.1. The van der Waals surface area contributed by atoms with Crippen molar-refractivity contribution in [2.24, 2.45) is 0 Å². The number of rotatable bonds is 3. The molecule has 3 rings (SSSR count). The zero-order chi connectivity index (χ0) is 16.4. The number of carbonyl (C=O) groups excluding carboxylic acids is 1. The van der Waals surface area contributed by atoms with E-state index in [1.807, 2.05) is 0 Å². The van der Waals surface area contributed by atoms with Crippen molar-refractivity contribution in [3.63, 3.8) is 0 Å². The minimum absolute atomic E-state index is 0.154. The third-order valence-electron chi connectivity index (χ3n) is 3.84. The van der Waals surface area contributed by atoms with Crippen molar-refractivity contribution >= 4 is 5.91 Å². The number of nitrogens with zero attached hydrogens (tertiary/aromatic N) is 3. The fourth-order valence-electron chi connectivity index (χ4n) is 2.76. The molecule has 1 aliphatic heterocycles. The minimum atomic E-state index is -0.654. The van der Waals surface area contributed by atoms with E-state index in [4.69, 9.17) is 4.74 Å². The third-order valence-corrected chi connectivity index (χ3v) is 3.84. The van der Waals surface area contributed by atoms with Crippen LogP contribution >= 0.6 is 0 Å². The number of amides is 1. The highest BCUT2D eigenvalue weighted by molar-refractivity contribution is 5.92. The zero-order valence-electron chi connectivity index (χ0n) is 12.5. The van der Waals surface area contributed by atoms with Crippen molar-refractivity contribution in [1.29, 1.82) is 0 Å². The molecule has 0 unspecified atom stereocenters. The van der Waals surface area contributed by atoms with Gasteiger partial charge in [-0.15, -0.1) is 10.2 Å². The highest BCUT2D eigenvalue weighted by atomic mass is 19.1. The predicted octanol–water partition coefficient (Wildman–Crippen LogP) is 1.57. The Balaban J connectivity index is 1.87. The van der Waals surface area contributed by atoms with Gasteiger partial charge in [-0.1, -0.05) is 12.1 Å². The number of aliphatic hydroxyl groups excluding tert-OH is 1. The molecule has 23 heavy (non-hydrogen) atoms.